The van der Waals surface area contributed by atoms with Crippen LogP contribution in [0, 0.1) is 12.3 Å². The molecule has 0 unspecified atom stereocenters. The maximum atomic E-state index is 11.3. The highest BCUT2D eigenvalue weighted by Gasteiger charge is 2.42. The van der Waals surface area contributed by atoms with Crippen LogP contribution in [0.1, 0.15) is 35.4 Å². The number of fused-ring (bicyclic) bond motifs is 1. The number of aryl methyl sites for hydroxylation is 1. The molecule has 0 saturated heterocycles. The van der Waals surface area contributed by atoms with Crippen molar-refractivity contribution in [3.63, 3.8) is 0 Å². The van der Waals surface area contributed by atoms with Crippen molar-refractivity contribution in [2.24, 2.45) is 5.41 Å². The Balaban J connectivity index is 1.98. The van der Waals surface area contributed by atoms with Gasteiger partial charge in [0.1, 0.15) is 11.3 Å². The molecule has 5 nitrogen and oxygen atoms in total. The molecule has 0 aliphatic heterocycles. The van der Waals surface area contributed by atoms with E-state index in [1.165, 1.54) is 12.8 Å². The highest BCUT2D eigenvalue weighted by Crippen LogP contribution is 2.50. The molecule has 0 amide bonds. The minimum Gasteiger partial charge on any atom is -0.478 e. The number of carboxylic acid groups (broad SMARTS) is 1. The van der Waals surface area contributed by atoms with Crippen molar-refractivity contribution in [1.29, 1.82) is 0 Å². The van der Waals surface area contributed by atoms with Crippen molar-refractivity contribution < 1.29 is 14.6 Å². The van der Waals surface area contributed by atoms with Gasteiger partial charge in [-0.2, -0.15) is 0 Å². The standard InChI is InChI=1S/C16H20N2O3/c1-11-17-14-12(15(19)20)4-3-5-13(14)18(11)10-16(6-7-16)8-9-21-2/h3-5H,6-10H2,1-2H3,(H,19,20). The molecule has 1 fully saturated rings. The number of hydrogen-bond donors (Lipinski definition) is 1. The number of nitrogens with zero attached hydrogens (tertiary/aromatic N) is 2. The predicted molar refractivity (Wildman–Crippen MR) is 79.6 cm³/mol. The normalized spacial score (nSPS) is 16.3. The first kappa shape index (κ1) is 14.1. The third kappa shape index (κ3) is 2.53. The van der Waals surface area contributed by atoms with Crippen LogP contribution in [0.3, 0.4) is 0 Å². The molecule has 1 aliphatic rings. The molecule has 2 aromatic rings. The van der Waals surface area contributed by atoms with Crippen molar-refractivity contribution in [3.8, 4) is 0 Å². The van der Waals surface area contributed by atoms with Gasteiger partial charge in [0.15, 0.2) is 0 Å². The molecule has 0 bridgehead atoms. The topological polar surface area (TPSA) is 64.4 Å². The van der Waals surface area contributed by atoms with Crippen LogP contribution in [0.15, 0.2) is 18.2 Å². The summed E-state index contributed by atoms with van der Waals surface area (Å²) in [5, 5.41) is 9.28. The molecule has 1 heterocycles. The third-order valence-electron chi connectivity index (χ3n) is 4.49. The highest BCUT2D eigenvalue weighted by atomic mass is 16.5. The number of methoxy groups -OCH3 is 1. The number of aromatic carboxylic acids is 1. The van der Waals surface area contributed by atoms with Gasteiger partial charge in [0, 0.05) is 20.3 Å². The Morgan fingerprint density at radius 3 is 2.86 bits per heavy atom. The highest BCUT2D eigenvalue weighted by molar-refractivity contribution is 6.01. The van der Waals surface area contributed by atoms with Crippen molar-refractivity contribution in [1.82, 2.24) is 9.55 Å². The Morgan fingerprint density at radius 1 is 1.48 bits per heavy atom. The van der Waals surface area contributed by atoms with Crippen LogP contribution in [-0.4, -0.2) is 34.3 Å². The fourth-order valence-electron chi connectivity index (χ4n) is 2.95. The third-order valence-corrected chi connectivity index (χ3v) is 4.49. The zero-order chi connectivity index (χ0) is 15.0. The molecule has 0 atom stereocenters. The predicted octanol–water partition coefficient (Wildman–Crippen LogP) is 2.86. The number of ether oxygens (including phenoxy) is 1. The van der Waals surface area contributed by atoms with Crippen LogP contribution in [-0.2, 0) is 11.3 Å². The Morgan fingerprint density at radius 2 is 2.24 bits per heavy atom. The van der Waals surface area contributed by atoms with Gasteiger partial charge in [-0.3, -0.25) is 0 Å². The van der Waals surface area contributed by atoms with Gasteiger partial charge in [-0.15, -0.1) is 0 Å². The lowest BCUT2D eigenvalue weighted by atomic mass is 10.0. The maximum Gasteiger partial charge on any atom is 0.337 e. The van der Waals surface area contributed by atoms with E-state index in [0.29, 0.717) is 10.9 Å². The Bertz CT molecular complexity index is 686. The van der Waals surface area contributed by atoms with Gasteiger partial charge in [-0.25, -0.2) is 9.78 Å². The van der Waals surface area contributed by atoms with Gasteiger partial charge in [0.25, 0.3) is 0 Å². The second-order valence-electron chi connectivity index (χ2n) is 5.97. The number of hydrogen-bond acceptors (Lipinski definition) is 3. The summed E-state index contributed by atoms with van der Waals surface area (Å²) in [4.78, 5) is 15.8. The summed E-state index contributed by atoms with van der Waals surface area (Å²) >= 11 is 0. The van der Waals surface area contributed by atoms with Crippen LogP contribution >= 0.6 is 0 Å². The number of carbonyl (C=O) groups is 1. The number of imidazole rings is 1. The SMILES string of the molecule is COCCC1(Cn2c(C)nc3c(C(=O)O)cccc32)CC1. The van der Waals surface area contributed by atoms with E-state index in [4.69, 9.17) is 4.74 Å². The van der Waals surface area contributed by atoms with Crippen LogP contribution in [0.4, 0.5) is 0 Å². The van der Waals surface area contributed by atoms with Crippen LogP contribution in [0.2, 0.25) is 0 Å². The summed E-state index contributed by atoms with van der Waals surface area (Å²) in [5.74, 6) is -0.0480. The van der Waals surface area contributed by atoms with Crippen molar-refractivity contribution in [3.05, 3.63) is 29.6 Å². The van der Waals surface area contributed by atoms with E-state index in [-0.39, 0.29) is 5.56 Å². The largest absolute Gasteiger partial charge is 0.478 e. The lowest BCUT2D eigenvalue weighted by Crippen LogP contribution is -2.15. The molecule has 1 aromatic carbocycles. The first-order valence-corrected chi connectivity index (χ1v) is 7.24. The van der Waals surface area contributed by atoms with Gasteiger partial charge in [0.2, 0.25) is 0 Å². The molecule has 3 rings (SSSR count). The van der Waals surface area contributed by atoms with Gasteiger partial charge in [-0.05, 0) is 43.7 Å². The Labute approximate surface area is 123 Å². The van der Waals surface area contributed by atoms with Gasteiger partial charge >= 0.3 is 5.97 Å². The second kappa shape index (κ2) is 5.15. The van der Waals surface area contributed by atoms with E-state index in [1.807, 2.05) is 13.0 Å². The zero-order valence-electron chi connectivity index (χ0n) is 12.4. The van der Waals surface area contributed by atoms with Gasteiger partial charge in [-0.1, -0.05) is 6.07 Å². The Hall–Kier alpha value is -1.88. The van der Waals surface area contributed by atoms with Gasteiger partial charge in [0.05, 0.1) is 11.1 Å². The van der Waals surface area contributed by atoms with E-state index < -0.39 is 5.97 Å². The maximum absolute atomic E-state index is 11.3. The van der Waals surface area contributed by atoms with E-state index in [1.54, 1.807) is 19.2 Å². The van der Waals surface area contributed by atoms with Crippen molar-refractivity contribution in [2.45, 2.75) is 32.7 Å². The number of aromatic nitrogens is 2. The summed E-state index contributed by atoms with van der Waals surface area (Å²) in [6.07, 6.45) is 3.45. The minimum absolute atomic E-state index is 0.274. The number of benzene rings is 1. The molecule has 1 saturated carbocycles. The molecule has 1 N–H and O–H groups in total. The first-order valence-electron chi connectivity index (χ1n) is 7.24. The number of para-hydroxylation sites is 1. The molecule has 112 valence electrons. The van der Waals surface area contributed by atoms with E-state index in [0.717, 1.165) is 30.9 Å². The number of carboxylic acids is 1. The Kier molecular flexibility index (Phi) is 3.45. The summed E-state index contributed by atoms with van der Waals surface area (Å²) in [6, 6.07) is 5.35. The summed E-state index contributed by atoms with van der Waals surface area (Å²) in [5.41, 5.74) is 2.07. The van der Waals surface area contributed by atoms with Crippen LogP contribution in [0.25, 0.3) is 11.0 Å². The second-order valence-corrected chi connectivity index (χ2v) is 5.97. The molecule has 1 aromatic heterocycles. The first-order chi connectivity index (χ1) is 10.1. The fourth-order valence-corrected chi connectivity index (χ4v) is 2.95. The van der Waals surface area contributed by atoms with Crippen LogP contribution in [0.5, 0.6) is 0 Å². The average Bonchev–Trinajstić information content (AvgIpc) is 3.15. The zero-order valence-corrected chi connectivity index (χ0v) is 12.4. The van der Waals surface area contributed by atoms with Crippen molar-refractivity contribution >= 4 is 17.0 Å². The van der Waals surface area contributed by atoms with E-state index >= 15 is 0 Å². The van der Waals surface area contributed by atoms with Crippen LogP contribution < -0.4 is 0 Å². The molecule has 21 heavy (non-hydrogen) atoms. The summed E-state index contributed by atoms with van der Waals surface area (Å²) < 4.78 is 7.36. The monoisotopic (exact) mass is 288 g/mol. The quantitative estimate of drug-likeness (QED) is 0.887. The minimum atomic E-state index is -0.925. The van der Waals surface area contributed by atoms with E-state index in [9.17, 15) is 9.90 Å². The fraction of sp³-hybridized carbons (Fsp3) is 0.500. The summed E-state index contributed by atoms with van der Waals surface area (Å²) in [6.45, 7) is 3.60. The van der Waals surface area contributed by atoms with Gasteiger partial charge < -0.3 is 14.4 Å². The molecule has 1 aliphatic carbocycles. The van der Waals surface area contributed by atoms with E-state index in [2.05, 4.69) is 9.55 Å². The smallest absolute Gasteiger partial charge is 0.337 e. The lowest BCUT2D eigenvalue weighted by Gasteiger charge is -2.17. The molecule has 0 radical (unpaired) electrons. The summed E-state index contributed by atoms with van der Waals surface area (Å²) in [7, 11) is 1.73. The van der Waals surface area contributed by atoms with Crippen molar-refractivity contribution in [2.75, 3.05) is 13.7 Å². The molecular weight excluding hydrogens is 268 g/mol. The molecule has 5 heteroatoms. The number of rotatable bonds is 6. The molecule has 0 spiro atoms. The lowest BCUT2D eigenvalue weighted by molar-refractivity contribution is 0.0699. The average molecular weight is 288 g/mol. The molecular formula is C16H20N2O3.